The maximum atomic E-state index is 12.7. The summed E-state index contributed by atoms with van der Waals surface area (Å²) in [5.74, 6) is 0.787. The summed E-state index contributed by atoms with van der Waals surface area (Å²) < 4.78 is 12.0. The molecule has 5 nitrogen and oxygen atoms in total. The highest BCUT2D eigenvalue weighted by atomic mass is 16.5. The first-order valence-electron chi connectivity index (χ1n) is 8.61. The lowest BCUT2D eigenvalue weighted by molar-refractivity contribution is -0.106. The molecule has 2 aliphatic carbocycles. The Bertz CT molecular complexity index is 393. The highest BCUT2D eigenvalue weighted by molar-refractivity contribution is 5.75. The zero-order valence-corrected chi connectivity index (χ0v) is 12.7. The Labute approximate surface area is 126 Å². The summed E-state index contributed by atoms with van der Waals surface area (Å²) in [6.07, 6.45) is 7.30. The molecule has 4 rings (SSSR count). The number of nitrogens with zero attached hydrogens (tertiary/aromatic N) is 2. The van der Waals surface area contributed by atoms with Gasteiger partial charge in [-0.3, -0.25) is 0 Å². The van der Waals surface area contributed by atoms with Crippen molar-refractivity contribution >= 4 is 6.03 Å². The topological polar surface area (TPSA) is 42.0 Å². The molecule has 2 aliphatic heterocycles. The normalized spacial score (nSPS) is 36.1. The van der Waals surface area contributed by atoms with Gasteiger partial charge in [-0.05, 0) is 44.4 Å². The van der Waals surface area contributed by atoms with Crippen molar-refractivity contribution in [1.82, 2.24) is 9.80 Å². The Hall–Kier alpha value is -0.810. The molecule has 2 saturated heterocycles. The first-order chi connectivity index (χ1) is 10.3. The lowest BCUT2D eigenvalue weighted by Crippen LogP contribution is -2.56. The monoisotopic (exact) mass is 294 g/mol. The molecular weight excluding hydrogens is 268 g/mol. The van der Waals surface area contributed by atoms with E-state index in [1.54, 1.807) is 0 Å². The summed E-state index contributed by atoms with van der Waals surface area (Å²) in [7, 11) is 0. The van der Waals surface area contributed by atoms with Gasteiger partial charge in [0.15, 0.2) is 0 Å². The summed E-state index contributed by atoms with van der Waals surface area (Å²) in [5.41, 5.74) is 0. The minimum absolute atomic E-state index is 0.101. The van der Waals surface area contributed by atoms with E-state index < -0.39 is 0 Å². The number of likely N-dealkylation sites (tertiary alicyclic amines) is 1. The van der Waals surface area contributed by atoms with E-state index in [0.717, 1.165) is 57.8 Å². The number of rotatable bonds is 3. The second kappa shape index (κ2) is 5.76. The quantitative estimate of drug-likeness (QED) is 0.798. The Morgan fingerprint density at radius 3 is 2.67 bits per heavy atom. The van der Waals surface area contributed by atoms with Gasteiger partial charge in [0.25, 0.3) is 0 Å². The van der Waals surface area contributed by atoms with Gasteiger partial charge in [-0.2, -0.15) is 0 Å². The Morgan fingerprint density at radius 1 is 1.10 bits per heavy atom. The van der Waals surface area contributed by atoms with Crippen LogP contribution < -0.4 is 0 Å². The lowest BCUT2D eigenvalue weighted by atomic mass is 10.1. The minimum Gasteiger partial charge on any atom is -0.375 e. The number of fused-ring (bicyclic) bond motifs is 1. The summed E-state index contributed by atoms with van der Waals surface area (Å²) in [6.45, 7) is 4.14. The summed E-state index contributed by atoms with van der Waals surface area (Å²) in [4.78, 5) is 16.8. The average molecular weight is 294 g/mol. The van der Waals surface area contributed by atoms with Crippen LogP contribution in [0, 0.1) is 5.92 Å². The number of carbonyl (C=O) groups excluding carboxylic acids is 1. The Balaban J connectivity index is 1.38. The van der Waals surface area contributed by atoms with E-state index in [-0.39, 0.29) is 24.3 Å². The molecule has 21 heavy (non-hydrogen) atoms. The zero-order valence-electron chi connectivity index (χ0n) is 12.7. The van der Waals surface area contributed by atoms with Crippen LogP contribution in [0.3, 0.4) is 0 Å². The molecule has 2 saturated carbocycles. The van der Waals surface area contributed by atoms with Crippen LogP contribution in [0.1, 0.15) is 38.5 Å². The van der Waals surface area contributed by atoms with Crippen molar-refractivity contribution in [3.8, 4) is 0 Å². The first-order valence-corrected chi connectivity index (χ1v) is 8.61. The van der Waals surface area contributed by atoms with Crippen LogP contribution in [0.4, 0.5) is 4.79 Å². The molecule has 0 radical (unpaired) electrons. The molecule has 4 aliphatic rings. The van der Waals surface area contributed by atoms with Crippen LogP contribution in [0.5, 0.6) is 0 Å². The number of morpholine rings is 1. The smallest absolute Gasteiger partial charge is 0.320 e. The van der Waals surface area contributed by atoms with Gasteiger partial charge in [0, 0.05) is 26.2 Å². The molecule has 0 aromatic carbocycles. The number of carbonyl (C=O) groups is 1. The van der Waals surface area contributed by atoms with Crippen molar-refractivity contribution in [2.45, 2.75) is 56.8 Å². The highest BCUT2D eigenvalue weighted by Gasteiger charge is 2.46. The van der Waals surface area contributed by atoms with Gasteiger partial charge < -0.3 is 19.3 Å². The molecule has 3 atom stereocenters. The van der Waals surface area contributed by atoms with Crippen LogP contribution in [-0.4, -0.2) is 66.9 Å². The third kappa shape index (κ3) is 2.78. The van der Waals surface area contributed by atoms with E-state index >= 15 is 0 Å². The second-order valence-corrected chi connectivity index (χ2v) is 6.97. The van der Waals surface area contributed by atoms with E-state index in [0.29, 0.717) is 6.61 Å². The lowest BCUT2D eigenvalue weighted by Gasteiger charge is -2.40. The van der Waals surface area contributed by atoms with E-state index in [1.807, 2.05) is 4.90 Å². The molecule has 0 N–H and O–H groups in total. The molecule has 0 aromatic heterocycles. The standard InChI is InChI=1S/C16H26N2O3/c19-16(17-7-1-2-8-17)18-9-10-20-15-13(18)5-6-14(15)21-11-12-3-4-12/h12-15H,1-11H2/t13-,14+,15+/m1/s1. The molecule has 2 heterocycles. The van der Waals surface area contributed by atoms with Crippen molar-refractivity contribution in [3.05, 3.63) is 0 Å². The largest absolute Gasteiger partial charge is 0.375 e. The third-order valence-corrected chi connectivity index (χ3v) is 5.40. The number of ether oxygens (including phenoxy) is 2. The maximum Gasteiger partial charge on any atom is 0.320 e. The van der Waals surface area contributed by atoms with Crippen molar-refractivity contribution in [2.75, 3.05) is 32.8 Å². The van der Waals surface area contributed by atoms with Crippen LogP contribution in [0.25, 0.3) is 0 Å². The van der Waals surface area contributed by atoms with Gasteiger partial charge in [0.2, 0.25) is 0 Å². The van der Waals surface area contributed by atoms with Crippen molar-refractivity contribution in [3.63, 3.8) is 0 Å². The Morgan fingerprint density at radius 2 is 1.90 bits per heavy atom. The van der Waals surface area contributed by atoms with Gasteiger partial charge in [0.1, 0.15) is 6.10 Å². The predicted octanol–water partition coefficient (Wildman–Crippen LogP) is 1.86. The van der Waals surface area contributed by atoms with Gasteiger partial charge in [0.05, 0.1) is 18.8 Å². The molecule has 0 unspecified atom stereocenters. The van der Waals surface area contributed by atoms with Gasteiger partial charge in [-0.15, -0.1) is 0 Å². The molecule has 0 bridgehead atoms. The molecule has 4 fully saturated rings. The SMILES string of the molecule is O=C(N1CCCC1)N1CCO[C@@H]2[C@@H](OCC3CC3)CC[C@H]21. The number of urea groups is 1. The summed E-state index contributed by atoms with van der Waals surface area (Å²) >= 11 is 0. The van der Waals surface area contributed by atoms with Crippen LogP contribution in [0.15, 0.2) is 0 Å². The van der Waals surface area contributed by atoms with E-state index in [4.69, 9.17) is 9.47 Å². The number of hydrogen-bond donors (Lipinski definition) is 0. The second-order valence-electron chi connectivity index (χ2n) is 6.97. The van der Waals surface area contributed by atoms with Crippen molar-refractivity contribution in [2.24, 2.45) is 5.92 Å². The molecule has 5 heteroatoms. The Kier molecular flexibility index (Phi) is 3.79. The van der Waals surface area contributed by atoms with E-state index in [2.05, 4.69) is 4.90 Å². The first kappa shape index (κ1) is 13.8. The fraction of sp³-hybridized carbons (Fsp3) is 0.938. The van der Waals surface area contributed by atoms with E-state index in [9.17, 15) is 4.79 Å². The third-order valence-electron chi connectivity index (χ3n) is 5.40. The van der Waals surface area contributed by atoms with Crippen molar-refractivity contribution in [1.29, 1.82) is 0 Å². The molecular formula is C16H26N2O3. The number of amides is 2. The van der Waals surface area contributed by atoms with Gasteiger partial charge in [-0.25, -0.2) is 4.79 Å². The van der Waals surface area contributed by atoms with E-state index in [1.165, 1.54) is 12.8 Å². The molecule has 0 aromatic rings. The minimum atomic E-state index is 0.101. The average Bonchev–Trinajstić information content (AvgIpc) is 3.03. The van der Waals surface area contributed by atoms with Gasteiger partial charge in [-0.1, -0.05) is 0 Å². The fourth-order valence-electron chi connectivity index (χ4n) is 3.97. The number of hydrogen-bond acceptors (Lipinski definition) is 3. The predicted molar refractivity (Wildman–Crippen MR) is 78.1 cm³/mol. The molecule has 118 valence electrons. The zero-order chi connectivity index (χ0) is 14.2. The van der Waals surface area contributed by atoms with Crippen molar-refractivity contribution < 1.29 is 14.3 Å². The van der Waals surface area contributed by atoms with Crippen LogP contribution in [-0.2, 0) is 9.47 Å². The van der Waals surface area contributed by atoms with Gasteiger partial charge >= 0.3 is 6.03 Å². The summed E-state index contributed by atoms with van der Waals surface area (Å²) in [5, 5.41) is 0. The van der Waals surface area contributed by atoms with Crippen LogP contribution in [0.2, 0.25) is 0 Å². The molecule has 0 spiro atoms. The highest BCUT2D eigenvalue weighted by Crippen LogP contribution is 2.35. The fourth-order valence-corrected chi connectivity index (χ4v) is 3.97. The maximum absolute atomic E-state index is 12.7. The van der Waals surface area contributed by atoms with Crippen LogP contribution >= 0.6 is 0 Å². The molecule has 2 amide bonds. The summed E-state index contributed by atoms with van der Waals surface area (Å²) in [6, 6.07) is 0.463.